The Morgan fingerprint density at radius 2 is 1.56 bits per heavy atom. The molecule has 0 saturated carbocycles. The number of rotatable bonds is 8. The Kier molecular flexibility index (Phi) is 7.63. The van der Waals surface area contributed by atoms with Gasteiger partial charge in [-0.3, -0.25) is 4.79 Å². The zero-order chi connectivity index (χ0) is 23.3. The van der Waals surface area contributed by atoms with Crippen LogP contribution in [0.25, 0.3) is 0 Å². The fourth-order valence-electron chi connectivity index (χ4n) is 3.87. The number of amides is 1. The van der Waals surface area contributed by atoms with Gasteiger partial charge in [0.05, 0.1) is 26.2 Å². The average molecular weight is 463 g/mol. The number of carbonyl (C=O) groups is 1. The number of hydrogen-bond donors (Lipinski definition) is 0. The Balaban J connectivity index is 1.61. The van der Waals surface area contributed by atoms with Crippen LogP contribution >= 0.6 is 0 Å². The molecule has 2 aromatic rings. The zero-order valence-corrected chi connectivity index (χ0v) is 19.7. The summed E-state index contributed by atoms with van der Waals surface area (Å²) in [5.74, 6) is 1.73. The molecule has 1 aliphatic heterocycles. The van der Waals surface area contributed by atoms with Crippen LogP contribution in [0.4, 0.5) is 0 Å². The summed E-state index contributed by atoms with van der Waals surface area (Å²) in [6.45, 7) is 1.02. The molecule has 0 atom stereocenters. The lowest BCUT2D eigenvalue weighted by Crippen LogP contribution is -2.43. The van der Waals surface area contributed by atoms with E-state index in [-0.39, 0.29) is 16.7 Å². The summed E-state index contributed by atoms with van der Waals surface area (Å²) in [5.41, 5.74) is 0.878. The third-order valence-corrected chi connectivity index (χ3v) is 7.69. The quantitative estimate of drug-likeness (QED) is 0.600. The van der Waals surface area contributed by atoms with Crippen molar-refractivity contribution in [1.29, 1.82) is 0 Å². The van der Waals surface area contributed by atoms with E-state index in [0.717, 1.165) is 5.56 Å². The summed E-state index contributed by atoms with van der Waals surface area (Å²) in [5, 5.41) is 0. The second-order valence-corrected chi connectivity index (χ2v) is 9.66. The van der Waals surface area contributed by atoms with Crippen molar-refractivity contribution in [3.05, 3.63) is 48.0 Å². The minimum absolute atomic E-state index is 0.00404. The van der Waals surface area contributed by atoms with Crippen molar-refractivity contribution in [3.63, 3.8) is 0 Å². The highest BCUT2D eigenvalue weighted by Gasteiger charge is 2.33. The molecule has 1 fully saturated rings. The van der Waals surface area contributed by atoms with Gasteiger partial charge in [0.15, 0.2) is 0 Å². The summed E-state index contributed by atoms with van der Waals surface area (Å²) in [7, 11) is 2.87. The highest BCUT2D eigenvalue weighted by molar-refractivity contribution is 7.89. The van der Waals surface area contributed by atoms with E-state index in [1.54, 1.807) is 56.5 Å². The summed E-state index contributed by atoms with van der Waals surface area (Å²) in [6, 6.07) is 11.8. The molecule has 1 aliphatic rings. The zero-order valence-electron chi connectivity index (χ0n) is 18.9. The van der Waals surface area contributed by atoms with E-state index in [9.17, 15) is 13.2 Å². The number of hydrogen-bond acceptors (Lipinski definition) is 6. The van der Waals surface area contributed by atoms with Gasteiger partial charge < -0.3 is 19.1 Å². The van der Waals surface area contributed by atoms with E-state index in [2.05, 4.69) is 0 Å². The summed E-state index contributed by atoms with van der Waals surface area (Å²) < 4.78 is 43.0. The fraction of sp³-hybridized carbons (Fsp3) is 0.435. The van der Waals surface area contributed by atoms with Crippen LogP contribution in [0.5, 0.6) is 17.2 Å². The number of benzene rings is 2. The lowest BCUT2D eigenvalue weighted by atomic mass is 9.96. The molecule has 0 radical (unpaired) electrons. The number of ether oxygens (including phenoxy) is 3. The van der Waals surface area contributed by atoms with Crippen LogP contribution in [0.1, 0.15) is 18.4 Å². The molecule has 0 aliphatic carbocycles. The standard InChI is InChI=1S/C23H30N2O6S/c1-24(16-18-5-6-20(30-3)15-22(18)31-4)23(26)17-11-13-25(14-12-17)32(27,28)21-9-7-19(29-2)8-10-21/h5-10,15,17H,11-14,16H2,1-4H3. The van der Waals surface area contributed by atoms with Crippen LogP contribution in [0, 0.1) is 5.92 Å². The Bertz CT molecular complexity index is 1030. The number of nitrogens with zero attached hydrogens (tertiary/aromatic N) is 2. The average Bonchev–Trinajstić information content (AvgIpc) is 2.83. The lowest BCUT2D eigenvalue weighted by molar-refractivity contribution is -0.135. The normalized spacial score (nSPS) is 15.2. The number of methoxy groups -OCH3 is 3. The van der Waals surface area contributed by atoms with Crippen LogP contribution in [0.3, 0.4) is 0 Å². The minimum atomic E-state index is -3.60. The maximum Gasteiger partial charge on any atom is 0.243 e. The number of piperidine rings is 1. The van der Waals surface area contributed by atoms with Gasteiger partial charge in [0, 0.05) is 44.2 Å². The molecule has 2 aromatic carbocycles. The van der Waals surface area contributed by atoms with Crippen molar-refractivity contribution >= 4 is 15.9 Å². The van der Waals surface area contributed by atoms with Crippen molar-refractivity contribution in [3.8, 4) is 17.2 Å². The van der Waals surface area contributed by atoms with Gasteiger partial charge in [-0.2, -0.15) is 4.31 Å². The molecule has 0 N–H and O–H groups in total. The lowest BCUT2D eigenvalue weighted by Gasteiger charge is -2.32. The van der Waals surface area contributed by atoms with Crippen LogP contribution in [-0.2, 0) is 21.4 Å². The van der Waals surface area contributed by atoms with E-state index in [1.165, 1.54) is 11.4 Å². The van der Waals surface area contributed by atoms with E-state index in [4.69, 9.17) is 14.2 Å². The molecule has 8 nitrogen and oxygen atoms in total. The van der Waals surface area contributed by atoms with Gasteiger partial charge in [0.2, 0.25) is 15.9 Å². The van der Waals surface area contributed by atoms with Gasteiger partial charge in [-0.25, -0.2) is 8.42 Å². The Morgan fingerprint density at radius 3 is 2.12 bits per heavy atom. The third kappa shape index (κ3) is 5.16. The molecule has 0 unspecified atom stereocenters. The molecule has 3 rings (SSSR count). The van der Waals surface area contributed by atoms with E-state index < -0.39 is 10.0 Å². The second kappa shape index (κ2) is 10.2. The van der Waals surface area contributed by atoms with Crippen molar-refractivity contribution < 1.29 is 27.4 Å². The maximum atomic E-state index is 13.0. The van der Waals surface area contributed by atoms with Crippen LogP contribution in [0.15, 0.2) is 47.4 Å². The van der Waals surface area contributed by atoms with Gasteiger partial charge in [-0.05, 0) is 49.2 Å². The van der Waals surface area contributed by atoms with Crippen molar-refractivity contribution in [1.82, 2.24) is 9.21 Å². The molecule has 174 valence electrons. The highest BCUT2D eigenvalue weighted by Crippen LogP contribution is 2.28. The number of sulfonamides is 1. The molecule has 0 spiro atoms. The van der Waals surface area contributed by atoms with E-state index in [1.807, 2.05) is 12.1 Å². The molecule has 1 heterocycles. The highest BCUT2D eigenvalue weighted by atomic mass is 32.2. The summed E-state index contributed by atoms with van der Waals surface area (Å²) in [4.78, 5) is 14.9. The van der Waals surface area contributed by atoms with Crippen LogP contribution in [0.2, 0.25) is 0 Å². The molecule has 0 aromatic heterocycles. The van der Waals surface area contributed by atoms with Crippen LogP contribution in [-0.4, -0.2) is 65.0 Å². The monoisotopic (exact) mass is 462 g/mol. The fourth-order valence-corrected chi connectivity index (χ4v) is 5.34. The second-order valence-electron chi connectivity index (χ2n) is 7.73. The molecule has 1 amide bonds. The molecule has 9 heteroatoms. The van der Waals surface area contributed by atoms with E-state index in [0.29, 0.717) is 49.7 Å². The van der Waals surface area contributed by atoms with Gasteiger partial charge in [-0.1, -0.05) is 0 Å². The first kappa shape index (κ1) is 23.9. The van der Waals surface area contributed by atoms with E-state index >= 15 is 0 Å². The molecular formula is C23H30N2O6S. The minimum Gasteiger partial charge on any atom is -0.497 e. The smallest absolute Gasteiger partial charge is 0.243 e. The molecule has 1 saturated heterocycles. The summed E-state index contributed by atoms with van der Waals surface area (Å²) >= 11 is 0. The SMILES string of the molecule is COc1ccc(S(=O)(=O)N2CCC(C(=O)N(C)Cc3ccc(OC)cc3OC)CC2)cc1. The first-order chi connectivity index (χ1) is 15.3. The first-order valence-corrected chi connectivity index (χ1v) is 11.8. The van der Waals surface area contributed by atoms with Crippen LogP contribution < -0.4 is 14.2 Å². The largest absolute Gasteiger partial charge is 0.497 e. The Hall–Kier alpha value is -2.78. The van der Waals surface area contributed by atoms with Gasteiger partial charge in [0.1, 0.15) is 17.2 Å². The third-order valence-electron chi connectivity index (χ3n) is 5.78. The Morgan fingerprint density at radius 1 is 0.969 bits per heavy atom. The topological polar surface area (TPSA) is 85.4 Å². The van der Waals surface area contributed by atoms with Gasteiger partial charge in [-0.15, -0.1) is 0 Å². The van der Waals surface area contributed by atoms with Gasteiger partial charge in [0.25, 0.3) is 0 Å². The van der Waals surface area contributed by atoms with Crippen molar-refractivity contribution in [2.75, 3.05) is 41.5 Å². The summed E-state index contributed by atoms with van der Waals surface area (Å²) in [6.07, 6.45) is 0.969. The number of carbonyl (C=O) groups excluding carboxylic acids is 1. The Labute approximate surface area is 189 Å². The predicted octanol–water partition coefficient (Wildman–Crippen LogP) is 2.77. The van der Waals surface area contributed by atoms with Crippen molar-refractivity contribution in [2.45, 2.75) is 24.3 Å². The van der Waals surface area contributed by atoms with Crippen molar-refractivity contribution in [2.24, 2.45) is 5.92 Å². The molecule has 0 bridgehead atoms. The van der Waals surface area contributed by atoms with Gasteiger partial charge >= 0.3 is 0 Å². The maximum absolute atomic E-state index is 13.0. The first-order valence-electron chi connectivity index (χ1n) is 10.4. The predicted molar refractivity (Wildman–Crippen MR) is 120 cm³/mol. The molecular weight excluding hydrogens is 432 g/mol. The molecule has 32 heavy (non-hydrogen) atoms.